The molecule has 0 aliphatic carbocycles. The number of anilines is 1. The van der Waals surface area contributed by atoms with Crippen molar-refractivity contribution < 1.29 is 9.15 Å². The average Bonchev–Trinajstić information content (AvgIpc) is 2.67. The summed E-state index contributed by atoms with van der Waals surface area (Å²) in [5.74, 6) is 0.883. The summed E-state index contributed by atoms with van der Waals surface area (Å²) in [6, 6.07) is 14.0. The molecule has 146 valence electrons. The van der Waals surface area contributed by atoms with Gasteiger partial charge in [0.25, 0.3) is 0 Å². The number of methoxy groups -OCH3 is 1. The minimum absolute atomic E-state index is 0.275. The second kappa shape index (κ2) is 7.68. The first-order valence-corrected chi connectivity index (χ1v) is 9.69. The van der Waals surface area contributed by atoms with Crippen molar-refractivity contribution in [1.82, 2.24) is 4.90 Å². The minimum atomic E-state index is -0.275. The molecule has 0 saturated carbocycles. The van der Waals surface area contributed by atoms with Crippen LogP contribution in [-0.4, -0.2) is 38.2 Å². The molecule has 2 heterocycles. The number of nitrogens with zero attached hydrogens (tertiary/aromatic N) is 2. The van der Waals surface area contributed by atoms with Crippen LogP contribution < -0.4 is 15.3 Å². The van der Waals surface area contributed by atoms with Crippen molar-refractivity contribution in [1.29, 1.82) is 0 Å². The van der Waals surface area contributed by atoms with Crippen LogP contribution in [0.4, 0.5) is 5.69 Å². The molecule has 4 rings (SSSR count). The summed E-state index contributed by atoms with van der Waals surface area (Å²) < 4.78 is 10.8. The van der Waals surface area contributed by atoms with Crippen molar-refractivity contribution in [2.45, 2.75) is 20.4 Å². The number of hydrogen-bond donors (Lipinski definition) is 0. The first-order chi connectivity index (χ1) is 13.5. The molecule has 0 unspecified atom stereocenters. The van der Waals surface area contributed by atoms with E-state index in [1.165, 1.54) is 5.69 Å². The Morgan fingerprint density at radius 3 is 2.57 bits per heavy atom. The Hall–Kier alpha value is -2.79. The number of aryl methyl sites for hydroxylation is 2. The van der Waals surface area contributed by atoms with Gasteiger partial charge in [0.2, 0.25) is 0 Å². The minimum Gasteiger partial charge on any atom is -0.497 e. The summed E-state index contributed by atoms with van der Waals surface area (Å²) in [5, 5.41) is 1.07. The first-order valence-electron chi connectivity index (χ1n) is 9.69. The number of ether oxygens (including phenoxy) is 1. The number of rotatable bonds is 4. The number of hydrogen-bond acceptors (Lipinski definition) is 5. The van der Waals surface area contributed by atoms with E-state index >= 15 is 0 Å². The van der Waals surface area contributed by atoms with Crippen molar-refractivity contribution in [2.75, 3.05) is 38.2 Å². The van der Waals surface area contributed by atoms with Crippen LogP contribution in [0.15, 0.2) is 51.7 Å². The van der Waals surface area contributed by atoms with Gasteiger partial charge in [0.1, 0.15) is 11.3 Å². The third-order valence-electron chi connectivity index (χ3n) is 5.45. The molecule has 5 nitrogen and oxygen atoms in total. The van der Waals surface area contributed by atoms with Gasteiger partial charge in [0.15, 0.2) is 0 Å². The fourth-order valence-electron chi connectivity index (χ4n) is 4.11. The summed E-state index contributed by atoms with van der Waals surface area (Å²) in [6.45, 7) is 8.66. The first kappa shape index (κ1) is 18.6. The van der Waals surface area contributed by atoms with Gasteiger partial charge in [-0.05, 0) is 48.7 Å². The van der Waals surface area contributed by atoms with E-state index in [-0.39, 0.29) is 5.63 Å². The van der Waals surface area contributed by atoms with E-state index in [1.807, 2.05) is 25.1 Å². The molecule has 0 amide bonds. The lowest BCUT2D eigenvalue weighted by atomic mass is 10.0. The maximum absolute atomic E-state index is 12.1. The van der Waals surface area contributed by atoms with Crippen LogP contribution in [0.5, 0.6) is 5.75 Å². The quantitative estimate of drug-likeness (QED) is 0.647. The number of fused-ring (bicyclic) bond motifs is 1. The molecule has 0 atom stereocenters. The SMILES string of the molecule is COc1cccc(N2CCN(Cc3cc(=O)oc4cc(C)cc(C)c34)CC2)c1. The average molecular weight is 378 g/mol. The van der Waals surface area contributed by atoms with Crippen LogP contribution in [0.25, 0.3) is 11.0 Å². The summed E-state index contributed by atoms with van der Waals surface area (Å²) in [5.41, 5.74) is 4.92. The van der Waals surface area contributed by atoms with Gasteiger partial charge in [0, 0.05) is 55.9 Å². The predicted octanol–water partition coefficient (Wildman–Crippen LogP) is 3.74. The Balaban J connectivity index is 1.51. The third kappa shape index (κ3) is 3.76. The lowest BCUT2D eigenvalue weighted by Gasteiger charge is -2.36. The summed E-state index contributed by atoms with van der Waals surface area (Å²) in [6.07, 6.45) is 0. The topological polar surface area (TPSA) is 45.9 Å². The molecule has 3 aromatic rings. The lowest BCUT2D eigenvalue weighted by molar-refractivity contribution is 0.250. The van der Waals surface area contributed by atoms with Crippen LogP contribution in [0, 0.1) is 13.8 Å². The molecule has 28 heavy (non-hydrogen) atoms. The van der Waals surface area contributed by atoms with E-state index in [0.717, 1.165) is 60.5 Å². The molecule has 1 aliphatic heterocycles. The van der Waals surface area contributed by atoms with Crippen LogP contribution in [0.2, 0.25) is 0 Å². The van der Waals surface area contributed by atoms with E-state index in [1.54, 1.807) is 13.2 Å². The highest BCUT2D eigenvalue weighted by Gasteiger charge is 2.19. The van der Waals surface area contributed by atoms with Crippen molar-refractivity contribution in [3.05, 3.63) is 69.6 Å². The normalized spacial score (nSPS) is 15.2. The molecule has 1 aromatic heterocycles. The Labute approximate surface area is 165 Å². The van der Waals surface area contributed by atoms with E-state index in [9.17, 15) is 4.79 Å². The highest BCUT2D eigenvalue weighted by Crippen LogP contribution is 2.26. The lowest BCUT2D eigenvalue weighted by Crippen LogP contribution is -2.46. The second-order valence-corrected chi connectivity index (χ2v) is 7.51. The van der Waals surface area contributed by atoms with Gasteiger partial charge in [-0.2, -0.15) is 0 Å². The van der Waals surface area contributed by atoms with Gasteiger partial charge < -0.3 is 14.1 Å². The van der Waals surface area contributed by atoms with Crippen LogP contribution in [0.3, 0.4) is 0 Å². The van der Waals surface area contributed by atoms with Crippen LogP contribution in [0.1, 0.15) is 16.7 Å². The van der Waals surface area contributed by atoms with E-state index in [0.29, 0.717) is 5.58 Å². The molecular formula is C23H26N2O3. The van der Waals surface area contributed by atoms with Gasteiger partial charge in [-0.1, -0.05) is 12.1 Å². The maximum atomic E-state index is 12.1. The fraction of sp³-hybridized carbons (Fsp3) is 0.348. The number of piperazine rings is 1. The van der Waals surface area contributed by atoms with Crippen molar-refractivity contribution >= 4 is 16.7 Å². The molecule has 0 spiro atoms. The third-order valence-corrected chi connectivity index (χ3v) is 5.45. The zero-order chi connectivity index (χ0) is 19.7. The van der Waals surface area contributed by atoms with Crippen molar-refractivity contribution in [3.8, 4) is 5.75 Å². The maximum Gasteiger partial charge on any atom is 0.336 e. The van der Waals surface area contributed by atoms with Crippen LogP contribution >= 0.6 is 0 Å². The monoisotopic (exact) mass is 378 g/mol. The van der Waals surface area contributed by atoms with E-state index in [4.69, 9.17) is 9.15 Å². The largest absolute Gasteiger partial charge is 0.497 e. The molecule has 1 saturated heterocycles. The van der Waals surface area contributed by atoms with Crippen molar-refractivity contribution in [3.63, 3.8) is 0 Å². The summed E-state index contributed by atoms with van der Waals surface area (Å²) in [4.78, 5) is 16.8. The van der Waals surface area contributed by atoms with Gasteiger partial charge in [-0.3, -0.25) is 4.90 Å². The van der Waals surface area contributed by atoms with E-state index < -0.39 is 0 Å². The molecular weight excluding hydrogens is 352 g/mol. The smallest absolute Gasteiger partial charge is 0.336 e. The Kier molecular flexibility index (Phi) is 5.09. The van der Waals surface area contributed by atoms with Gasteiger partial charge in [-0.15, -0.1) is 0 Å². The molecule has 0 bridgehead atoms. The van der Waals surface area contributed by atoms with Crippen molar-refractivity contribution in [2.24, 2.45) is 0 Å². The molecule has 1 aliphatic rings. The Bertz CT molecular complexity index is 1050. The fourth-order valence-corrected chi connectivity index (χ4v) is 4.11. The van der Waals surface area contributed by atoms with Gasteiger partial charge in [0.05, 0.1) is 7.11 Å². The summed E-state index contributed by atoms with van der Waals surface area (Å²) in [7, 11) is 1.70. The Morgan fingerprint density at radius 2 is 1.82 bits per heavy atom. The van der Waals surface area contributed by atoms with Crippen LogP contribution in [-0.2, 0) is 6.54 Å². The molecule has 2 aromatic carbocycles. The predicted molar refractivity (Wildman–Crippen MR) is 112 cm³/mol. The van der Waals surface area contributed by atoms with Gasteiger partial charge in [-0.25, -0.2) is 4.79 Å². The van der Waals surface area contributed by atoms with E-state index in [2.05, 4.69) is 34.9 Å². The van der Waals surface area contributed by atoms with Gasteiger partial charge >= 0.3 is 5.63 Å². The number of benzene rings is 2. The second-order valence-electron chi connectivity index (χ2n) is 7.51. The Morgan fingerprint density at radius 1 is 1.04 bits per heavy atom. The summed E-state index contributed by atoms with van der Waals surface area (Å²) >= 11 is 0. The standard InChI is InChI=1S/C23H26N2O3/c1-16-11-17(2)23-18(13-22(26)28-21(23)12-16)15-24-7-9-25(10-8-24)19-5-4-6-20(14-19)27-3/h4-6,11-14H,7-10,15H2,1-3H3. The molecule has 0 radical (unpaired) electrons. The highest BCUT2D eigenvalue weighted by molar-refractivity contribution is 5.84. The highest BCUT2D eigenvalue weighted by atomic mass is 16.5. The molecule has 5 heteroatoms. The zero-order valence-electron chi connectivity index (χ0n) is 16.7. The zero-order valence-corrected chi connectivity index (χ0v) is 16.7. The molecule has 1 fully saturated rings. The molecule has 0 N–H and O–H groups in total.